The minimum Gasteiger partial charge on any atom is -0.457 e. The molecule has 0 unspecified atom stereocenters. The highest BCUT2D eigenvalue weighted by atomic mass is 32.1. The summed E-state index contributed by atoms with van der Waals surface area (Å²) in [6.45, 7) is 1.67. The van der Waals surface area contributed by atoms with E-state index >= 15 is 0 Å². The van der Waals surface area contributed by atoms with Crippen molar-refractivity contribution < 1.29 is 14.3 Å². The van der Waals surface area contributed by atoms with E-state index in [-0.39, 0.29) is 18.5 Å². The Morgan fingerprint density at radius 2 is 1.85 bits per heavy atom. The molecule has 0 bridgehead atoms. The van der Waals surface area contributed by atoms with Gasteiger partial charge in [0, 0.05) is 11.8 Å². The second kappa shape index (κ2) is 7.53. The molecule has 0 radical (unpaired) electrons. The molecule has 4 rings (SSSR count). The molecule has 1 amide bonds. The maximum atomic E-state index is 12.9. The standard InChI is InChI=1S/C22H21NO3S/c1-14(24)23-21-20(18-11-4-5-12-19(18)27-21)22(25)26-13-16-9-6-8-15-7-2-3-10-17(15)16/h2-3,6-10H,4-5,11-13H2,1H3,(H,23,24). The van der Waals surface area contributed by atoms with Crippen LogP contribution in [-0.4, -0.2) is 11.9 Å². The van der Waals surface area contributed by atoms with Crippen molar-refractivity contribution in [1.82, 2.24) is 0 Å². The van der Waals surface area contributed by atoms with Crippen LogP contribution in [-0.2, 0) is 29.0 Å². The van der Waals surface area contributed by atoms with Gasteiger partial charge >= 0.3 is 5.97 Å². The van der Waals surface area contributed by atoms with Crippen molar-refractivity contribution in [2.75, 3.05) is 5.32 Å². The minimum atomic E-state index is -0.355. The van der Waals surface area contributed by atoms with Crippen LogP contribution in [0.1, 0.15) is 46.1 Å². The van der Waals surface area contributed by atoms with E-state index in [1.807, 2.05) is 42.5 Å². The molecule has 1 aliphatic carbocycles. The average Bonchev–Trinajstić information content (AvgIpc) is 3.03. The molecule has 1 N–H and O–H groups in total. The Bertz CT molecular complexity index is 1020. The van der Waals surface area contributed by atoms with Gasteiger partial charge in [-0.25, -0.2) is 4.79 Å². The number of carbonyl (C=O) groups excluding carboxylic acids is 2. The lowest BCUT2D eigenvalue weighted by Crippen LogP contribution is -2.13. The maximum Gasteiger partial charge on any atom is 0.341 e. The minimum absolute atomic E-state index is 0.170. The van der Waals surface area contributed by atoms with Gasteiger partial charge in [0.05, 0.1) is 5.56 Å². The number of fused-ring (bicyclic) bond motifs is 2. The Morgan fingerprint density at radius 1 is 1.07 bits per heavy atom. The molecular weight excluding hydrogens is 358 g/mol. The molecule has 0 saturated heterocycles. The van der Waals surface area contributed by atoms with Crippen LogP contribution in [0.5, 0.6) is 0 Å². The van der Waals surface area contributed by atoms with Crippen molar-refractivity contribution in [3.05, 3.63) is 64.0 Å². The molecule has 5 heteroatoms. The summed E-state index contributed by atoms with van der Waals surface area (Å²) in [5, 5.41) is 5.65. The maximum absolute atomic E-state index is 12.9. The third-order valence-corrected chi connectivity index (χ3v) is 6.11. The molecule has 1 heterocycles. The normalized spacial score (nSPS) is 13.2. The largest absolute Gasteiger partial charge is 0.457 e. The number of nitrogens with one attached hydrogen (secondary N) is 1. The first-order valence-corrected chi connectivity index (χ1v) is 10.0. The molecule has 0 saturated carbocycles. The van der Waals surface area contributed by atoms with Crippen molar-refractivity contribution in [1.29, 1.82) is 0 Å². The van der Waals surface area contributed by atoms with Gasteiger partial charge in [0.1, 0.15) is 11.6 Å². The molecular formula is C22H21NO3S. The van der Waals surface area contributed by atoms with E-state index in [2.05, 4.69) is 5.32 Å². The smallest absolute Gasteiger partial charge is 0.341 e. The van der Waals surface area contributed by atoms with Crippen molar-refractivity contribution in [2.45, 2.75) is 39.2 Å². The number of ether oxygens (including phenoxy) is 1. The van der Waals surface area contributed by atoms with E-state index < -0.39 is 0 Å². The topological polar surface area (TPSA) is 55.4 Å². The molecule has 3 aromatic rings. The van der Waals surface area contributed by atoms with Crippen LogP contribution >= 0.6 is 11.3 Å². The second-order valence-corrected chi connectivity index (χ2v) is 7.92. The van der Waals surface area contributed by atoms with Gasteiger partial charge in [0.25, 0.3) is 0 Å². The third kappa shape index (κ3) is 3.60. The first-order chi connectivity index (χ1) is 13.1. The Morgan fingerprint density at radius 3 is 2.70 bits per heavy atom. The number of aryl methyl sites for hydroxylation is 1. The second-order valence-electron chi connectivity index (χ2n) is 6.81. The number of rotatable bonds is 4. The summed E-state index contributed by atoms with van der Waals surface area (Å²) in [6.07, 6.45) is 4.01. The lowest BCUT2D eigenvalue weighted by Gasteiger charge is -2.13. The summed E-state index contributed by atoms with van der Waals surface area (Å²) in [5.41, 5.74) is 2.58. The van der Waals surface area contributed by atoms with Gasteiger partial charge in [-0.15, -0.1) is 11.3 Å². The van der Waals surface area contributed by atoms with E-state index in [1.54, 1.807) is 0 Å². The van der Waals surface area contributed by atoms with Crippen LogP contribution in [0.15, 0.2) is 42.5 Å². The number of hydrogen-bond donors (Lipinski definition) is 1. The Balaban J connectivity index is 1.61. The first kappa shape index (κ1) is 17.7. The summed E-state index contributed by atoms with van der Waals surface area (Å²) in [4.78, 5) is 25.7. The SMILES string of the molecule is CC(=O)Nc1sc2c(c1C(=O)OCc1cccc3ccccc13)CCCC2. The predicted octanol–water partition coefficient (Wildman–Crippen LogP) is 5.10. The number of benzene rings is 2. The highest BCUT2D eigenvalue weighted by Crippen LogP contribution is 2.38. The summed E-state index contributed by atoms with van der Waals surface area (Å²) in [6, 6.07) is 14.1. The molecule has 27 heavy (non-hydrogen) atoms. The highest BCUT2D eigenvalue weighted by molar-refractivity contribution is 7.17. The van der Waals surface area contributed by atoms with E-state index in [1.165, 1.54) is 23.1 Å². The molecule has 1 aliphatic rings. The van der Waals surface area contributed by atoms with Crippen molar-refractivity contribution in [2.24, 2.45) is 0 Å². The fraction of sp³-hybridized carbons (Fsp3) is 0.273. The quantitative estimate of drug-likeness (QED) is 0.642. The van der Waals surface area contributed by atoms with Gasteiger partial charge in [-0.3, -0.25) is 4.79 Å². The van der Waals surface area contributed by atoms with Crippen LogP contribution in [0.25, 0.3) is 10.8 Å². The van der Waals surface area contributed by atoms with Crippen LogP contribution in [0, 0.1) is 0 Å². The third-order valence-electron chi connectivity index (χ3n) is 4.90. The van der Waals surface area contributed by atoms with Gasteiger partial charge in [0.2, 0.25) is 5.91 Å². The van der Waals surface area contributed by atoms with Crippen molar-refractivity contribution in [3.8, 4) is 0 Å². The molecule has 138 valence electrons. The molecule has 0 atom stereocenters. The fourth-order valence-electron chi connectivity index (χ4n) is 3.66. The molecule has 1 aromatic heterocycles. The zero-order chi connectivity index (χ0) is 18.8. The molecule has 0 fully saturated rings. The van der Waals surface area contributed by atoms with Crippen LogP contribution in [0.2, 0.25) is 0 Å². The van der Waals surface area contributed by atoms with Gasteiger partial charge in [-0.05, 0) is 47.6 Å². The summed E-state index contributed by atoms with van der Waals surface area (Å²) < 4.78 is 5.69. The Labute approximate surface area is 162 Å². The monoisotopic (exact) mass is 379 g/mol. The van der Waals surface area contributed by atoms with Gasteiger partial charge in [0.15, 0.2) is 0 Å². The first-order valence-electron chi connectivity index (χ1n) is 9.19. The highest BCUT2D eigenvalue weighted by Gasteiger charge is 2.27. The van der Waals surface area contributed by atoms with Crippen LogP contribution in [0.3, 0.4) is 0 Å². The molecule has 0 aliphatic heterocycles. The van der Waals surface area contributed by atoms with Crippen molar-refractivity contribution >= 4 is 39.0 Å². The summed E-state index contributed by atoms with van der Waals surface area (Å²) in [5.74, 6) is -0.525. The Hall–Kier alpha value is -2.66. The van der Waals surface area contributed by atoms with Gasteiger partial charge in [-0.2, -0.15) is 0 Å². The molecule has 2 aromatic carbocycles. The van der Waals surface area contributed by atoms with E-state index in [0.717, 1.165) is 47.6 Å². The van der Waals surface area contributed by atoms with E-state index in [4.69, 9.17) is 4.74 Å². The number of amides is 1. The lowest BCUT2D eigenvalue weighted by molar-refractivity contribution is -0.114. The number of anilines is 1. The van der Waals surface area contributed by atoms with Crippen molar-refractivity contribution in [3.63, 3.8) is 0 Å². The Kier molecular flexibility index (Phi) is 4.94. The molecule has 0 spiro atoms. The predicted molar refractivity (Wildman–Crippen MR) is 108 cm³/mol. The zero-order valence-corrected chi connectivity index (χ0v) is 16.0. The zero-order valence-electron chi connectivity index (χ0n) is 15.2. The fourth-order valence-corrected chi connectivity index (χ4v) is 4.99. The van der Waals surface area contributed by atoms with Gasteiger partial charge < -0.3 is 10.1 Å². The lowest BCUT2D eigenvalue weighted by atomic mass is 9.95. The molecule has 4 nitrogen and oxygen atoms in total. The van der Waals surface area contributed by atoms with E-state index in [9.17, 15) is 9.59 Å². The number of hydrogen-bond acceptors (Lipinski definition) is 4. The average molecular weight is 379 g/mol. The summed E-state index contributed by atoms with van der Waals surface area (Å²) >= 11 is 1.51. The number of esters is 1. The summed E-state index contributed by atoms with van der Waals surface area (Å²) in [7, 11) is 0. The van der Waals surface area contributed by atoms with Crippen LogP contribution in [0.4, 0.5) is 5.00 Å². The van der Waals surface area contributed by atoms with Crippen LogP contribution < -0.4 is 5.32 Å². The van der Waals surface area contributed by atoms with Gasteiger partial charge in [-0.1, -0.05) is 42.5 Å². The number of thiophene rings is 1. The number of carbonyl (C=O) groups is 2. The van der Waals surface area contributed by atoms with E-state index in [0.29, 0.717) is 10.6 Å².